The number of sulfonamides is 1. The Morgan fingerprint density at radius 3 is 2.70 bits per heavy atom. The standard InChI is InChI=1S/C14H14N2O5S2/c1-20-10-4-3-9(12(5-10)21-2)6-16-14(17)15-11-7-22-8-13(11)23(16,18)19/h3-5,7-8H,6H2,1-2H3,(H,15,17). The van der Waals surface area contributed by atoms with Crippen LogP contribution >= 0.6 is 11.3 Å². The van der Waals surface area contributed by atoms with Crippen molar-refractivity contribution < 1.29 is 22.7 Å². The minimum Gasteiger partial charge on any atom is -0.497 e. The number of methoxy groups -OCH3 is 2. The molecule has 0 unspecified atom stereocenters. The molecule has 1 aromatic heterocycles. The van der Waals surface area contributed by atoms with Gasteiger partial charge >= 0.3 is 6.03 Å². The zero-order chi connectivity index (χ0) is 16.6. The summed E-state index contributed by atoms with van der Waals surface area (Å²) >= 11 is 1.22. The first-order valence-corrected chi connectivity index (χ1v) is 8.96. The highest BCUT2D eigenvalue weighted by atomic mass is 32.2. The molecule has 1 N–H and O–H groups in total. The van der Waals surface area contributed by atoms with Gasteiger partial charge in [-0.05, 0) is 12.1 Å². The van der Waals surface area contributed by atoms with E-state index in [4.69, 9.17) is 9.47 Å². The van der Waals surface area contributed by atoms with Crippen molar-refractivity contribution in [2.45, 2.75) is 11.4 Å². The molecule has 2 aromatic rings. The Bertz CT molecular complexity index is 860. The number of nitrogens with zero attached hydrogens (tertiary/aromatic N) is 1. The van der Waals surface area contributed by atoms with Gasteiger partial charge in [-0.3, -0.25) is 0 Å². The lowest BCUT2D eigenvalue weighted by atomic mass is 10.2. The van der Waals surface area contributed by atoms with Crippen LogP contribution in [0.3, 0.4) is 0 Å². The molecule has 0 radical (unpaired) electrons. The highest BCUT2D eigenvalue weighted by molar-refractivity contribution is 7.90. The number of hydrogen-bond donors (Lipinski definition) is 1. The lowest BCUT2D eigenvalue weighted by molar-refractivity contribution is 0.233. The van der Waals surface area contributed by atoms with E-state index in [-0.39, 0.29) is 11.4 Å². The number of amides is 2. The molecule has 0 fully saturated rings. The first-order chi connectivity index (χ1) is 11.0. The summed E-state index contributed by atoms with van der Waals surface area (Å²) in [6.07, 6.45) is 0. The van der Waals surface area contributed by atoms with Crippen LogP contribution in [0, 0.1) is 0 Å². The SMILES string of the molecule is COc1ccc(CN2C(=O)Nc3cscc3S2(=O)=O)c(OC)c1. The monoisotopic (exact) mass is 354 g/mol. The molecule has 7 nitrogen and oxygen atoms in total. The van der Waals surface area contributed by atoms with Gasteiger partial charge in [0.2, 0.25) is 0 Å². The van der Waals surface area contributed by atoms with Crippen molar-refractivity contribution in [3.63, 3.8) is 0 Å². The summed E-state index contributed by atoms with van der Waals surface area (Å²) in [5, 5.41) is 5.67. The second-order valence-electron chi connectivity index (χ2n) is 4.77. The first-order valence-electron chi connectivity index (χ1n) is 6.58. The van der Waals surface area contributed by atoms with Crippen LogP contribution in [0.1, 0.15) is 5.56 Å². The zero-order valence-corrected chi connectivity index (χ0v) is 14.0. The third-order valence-electron chi connectivity index (χ3n) is 3.47. The van der Waals surface area contributed by atoms with Gasteiger partial charge in [0.25, 0.3) is 10.0 Å². The summed E-state index contributed by atoms with van der Waals surface area (Å²) in [6.45, 7) is -0.128. The highest BCUT2D eigenvalue weighted by Gasteiger charge is 2.37. The second kappa shape index (κ2) is 5.74. The number of fused-ring (bicyclic) bond motifs is 1. The number of carbonyl (C=O) groups excluding carboxylic acids is 1. The molecule has 3 rings (SSSR count). The van der Waals surface area contributed by atoms with E-state index < -0.39 is 16.1 Å². The molecule has 0 saturated carbocycles. The fraction of sp³-hybridized carbons (Fsp3) is 0.214. The predicted octanol–water partition coefficient (Wildman–Crippen LogP) is 2.50. The lowest BCUT2D eigenvalue weighted by Crippen LogP contribution is -2.42. The van der Waals surface area contributed by atoms with Crippen molar-refractivity contribution in [1.82, 2.24) is 4.31 Å². The minimum absolute atomic E-state index is 0.106. The van der Waals surface area contributed by atoms with Gasteiger partial charge < -0.3 is 14.8 Å². The van der Waals surface area contributed by atoms with Crippen molar-refractivity contribution in [1.29, 1.82) is 0 Å². The summed E-state index contributed by atoms with van der Waals surface area (Å²) in [4.78, 5) is 12.3. The molecule has 1 aliphatic rings. The summed E-state index contributed by atoms with van der Waals surface area (Å²) < 4.78 is 36.4. The molecule has 2 heterocycles. The van der Waals surface area contributed by atoms with E-state index in [2.05, 4.69) is 5.32 Å². The van der Waals surface area contributed by atoms with Crippen molar-refractivity contribution in [2.24, 2.45) is 0 Å². The van der Waals surface area contributed by atoms with Crippen LogP contribution in [0.4, 0.5) is 10.5 Å². The Balaban J connectivity index is 1.99. The van der Waals surface area contributed by atoms with Crippen LogP contribution in [-0.4, -0.2) is 33.0 Å². The van der Waals surface area contributed by atoms with Gasteiger partial charge in [-0.1, -0.05) is 0 Å². The van der Waals surface area contributed by atoms with Crippen molar-refractivity contribution >= 4 is 33.1 Å². The number of anilines is 1. The van der Waals surface area contributed by atoms with Gasteiger partial charge in [-0.25, -0.2) is 17.5 Å². The van der Waals surface area contributed by atoms with Gasteiger partial charge in [-0.15, -0.1) is 11.3 Å². The molecule has 0 saturated heterocycles. The van der Waals surface area contributed by atoms with Crippen LogP contribution in [0.5, 0.6) is 11.5 Å². The average molecular weight is 354 g/mol. The molecule has 0 spiro atoms. The number of nitrogens with one attached hydrogen (secondary N) is 1. The van der Waals surface area contributed by atoms with Crippen molar-refractivity contribution in [3.05, 3.63) is 34.5 Å². The number of hydrogen-bond acceptors (Lipinski definition) is 6. The maximum atomic E-state index is 12.6. The molecule has 0 bridgehead atoms. The van der Waals surface area contributed by atoms with Gasteiger partial charge in [0.05, 0.1) is 26.5 Å². The molecule has 1 aromatic carbocycles. The molecule has 122 valence electrons. The fourth-order valence-electron chi connectivity index (χ4n) is 2.28. The predicted molar refractivity (Wildman–Crippen MR) is 85.6 cm³/mol. The molecule has 23 heavy (non-hydrogen) atoms. The van der Waals surface area contributed by atoms with E-state index in [0.29, 0.717) is 22.7 Å². The quantitative estimate of drug-likeness (QED) is 0.912. The number of urea groups is 1. The summed E-state index contributed by atoms with van der Waals surface area (Å²) in [5.41, 5.74) is 0.878. The Morgan fingerprint density at radius 2 is 2.00 bits per heavy atom. The number of thiophene rings is 1. The average Bonchev–Trinajstić information content (AvgIpc) is 3.00. The second-order valence-corrected chi connectivity index (χ2v) is 7.34. The molecule has 2 amide bonds. The minimum atomic E-state index is -3.88. The first kappa shape index (κ1) is 15.6. The molecular formula is C14H14N2O5S2. The van der Waals surface area contributed by atoms with Gasteiger partial charge in [0.1, 0.15) is 16.4 Å². The van der Waals surface area contributed by atoms with Crippen molar-refractivity contribution in [3.8, 4) is 11.5 Å². The van der Waals surface area contributed by atoms with E-state index in [9.17, 15) is 13.2 Å². The third-order valence-corrected chi connectivity index (χ3v) is 6.13. The summed E-state index contributed by atoms with van der Waals surface area (Å²) in [5.74, 6) is 1.03. The fourth-order valence-corrected chi connectivity index (χ4v) is 4.84. The molecule has 0 aliphatic carbocycles. The van der Waals surface area contributed by atoms with Crippen LogP contribution in [0.2, 0.25) is 0 Å². The van der Waals surface area contributed by atoms with Gasteiger partial charge in [-0.2, -0.15) is 0 Å². The molecule has 1 aliphatic heterocycles. The largest absolute Gasteiger partial charge is 0.497 e. The van der Waals surface area contributed by atoms with Crippen molar-refractivity contribution in [2.75, 3.05) is 19.5 Å². The van der Waals surface area contributed by atoms with Crippen LogP contribution in [0.15, 0.2) is 33.9 Å². The Kier molecular flexibility index (Phi) is 3.90. The van der Waals surface area contributed by atoms with E-state index >= 15 is 0 Å². The number of rotatable bonds is 4. The Hall–Kier alpha value is -2.26. The topological polar surface area (TPSA) is 84.9 Å². The lowest BCUT2D eigenvalue weighted by Gasteiger charge is -2.27. The van der Waals surface area contributed by atoms with Gasteiger partial charge in [0.15, 0.2) is 0 Å². The van der Waals surface area contributed by atoms with E-state index in [1.54, 1.807) is 23.6 Å². The summed E-state index contributed by atoms with van der Waals surface area (Å²) in [6, 6.07) is 4.31. The normalized spacial score (nSPS) is 15.7. The maximum absolute atomic E-state index is 12.6. The maximum Gasteiger partial charge on any atom is 0.336 e. The third kappa shape index (κ3) is 2.62. The highest BCUT2D eigenvalue weighted by Crippen LogP contribution is 2.35. The van der Waals surface area contributed by atoms with Gasteiger partial charge in [0, 0.05) is 22.4 Å². The van der Waals surface area contributed by atoms with Crippen LogP contribution in [0.25, 0.3) is 0 Å². The summed E-state index contributed by atoms with van der Waals surface area (Å²) in [7, 11) is -0.888. The number of ether oxygens (including phenoxy) is 2. The van der Waals surface area contributed by atoms with E-state index in [1.165, 1.54) is 30.9 Å². The molecule has 0 atom stereocenters. The number of carbonyl (C=O) groups is 1. The Labute approximate surface area is 137 Å². The Morgan fingerprint density at radius 1 is 1.22 bits per heavy atom. The van der Waals surface area contributed by atoms with E-state index in [1.807, 2.05) is 0 Å². The van der Waals surface area contributed by atoms with Crippen LogP contribution < -0.4 is 14.8 Å². The smallest absolute Gasteiger partial charge is 0.336 e. The zero-order valence-electron chi connectivity index (χ0n) is 12.4. The molecular weight excluding hydrogens is 340 g/mol. The van der Waals surface area contributed by atoms with E-state index in [0.717, 1.165) is 4.31 Å². The molecule has 9 heteroatoms. The number of benzene rings is 1. The van der Waals surface area contributed by atoms with Crippen LogP contribution in [-0.2, 0) is 16.6 Å².